The summed E-state index contributed by atoms with van der Waals surface area (Å²) in [7, 11) is 0. The van der Waals surface area contributed by atoms with Gasteiger partial charge >= 0.3 is 0 Å². The Morgan fingerprint density at radius 3 is 2.53 bits per heavy atom. The molecule has 0 aromatic heterocycles. The first-order valence-electron chi connectivity index (χ1n) is 5.99. The van der Waals surface area contributed by atoms with E-state index in [1.807, 2.05) is 36.4 Å². The number of hydrogen-bond donors (Lipinski definition) is 1. The van der Waals surface area contributed by atoms with Gasteiger partial charge in [-0.15, -0.1) is 11.6 Å². The van der Waals surface area contributed by atoms with E-state index < -0.39 is 0 Å². The van der Waals surface area contributed by atoms with Gasteiger partial charge in [-0.2, -0.15) is 0 Å². The molecule has 0 amide bonds. The van der Waals surface area contributed by atoms with Gasteiger partial charge in [-0.05, 0) is 33.1 Å². The number of hydrogen-bond acceptors (Lipinski definition) is 1. The maximum atomic E-state index is 13.4. The van der Waals surface area contributed by atoms with Crippen LogP contribution in [0.3, 0.4) is 0 Å². The van der Waals surface area contributed by atoms with E-state index in [-0.39, 0.29) is 11.9 Å². The van der Waals surface area contributed by atoms with Crippen molar-refractivity contribution in [1.29, 1.82) is 0 Å². The van der Waals surface area contributed by atoms with E-state index in [4.69, 9.17) is 11.6 Å². The van der Waals surface area contributed by atoms with Gasteiger partial charge in [-0.25, -0.2) is 4.39 Å². The lowest BCUT2D eigenvalue weighted by Crippen LogP contribution is -2.22. The number of rotatable bonds is 5. The van der Waals surface area contributed by atoms with E-state index in [1.165, 1.54) is 6.07 Å². The number of alkyl halides is 1. The minimum absolute atomic E-state index is 0.0537. The predicted octanol–water partition coefficient (Wildman–Crippen LogP) is 4.66. The van der Waals surface area contributed by atoms with Gasteiger partial charge < -0.3 is 5.32 Å². The fourth-order valence-electron chi connectivity index (χ4n) is 1.86. The van der Waals surface area contributed by atoms with Crippen LogP contribution in [0.1, 0.15) is 17.2 Å². The molecule has 4 heteroatoms. The Bertz CT molecular complexity index is 533. The highest BCUT2D eigenvalue weighted by atomic mass is 79.9. The van der Waals surface area contributed by atoms with Crippen molar-refractivity contribution in [2.45, 2.75) is 12.6 Å². The maximum absolute atomic E-state index is 13.4. The summed E-state index contributed by atoms with van der Waals surface area (Å²) < 4.78 is 13.9. The van der Waals surface area contributed by atoms with Crippen LogP contribution in [0, 0.1) is 5.82 Å². The average Bonchev–Trinajstić information content (AvgIpc) is 2.45. The molecule has 0 heterocycles. The highest BCUT2D eigenvalue weighted by Crippen LogP contribution is 2.22. The first-order chi connectivity index (χ1) is 9.22. The summed E-state index contributed by atoms with van der Waals surface area (Å²) >= 11 is 9.25. The molecule has 0 saturated carbocycles. The molecule has 1 nitrogen and oxygen atoms in total. The lowest BCUT2D eigenvalue weighted by Gasteiger charge is -2.17. The quantitative estimate of drug-likeness (QED) is 0.779. The Labute approximate surface area is 125 Å². The molecule has 1 atom stereocenters. The molecule has 1 N–H and O–H groups in total. The standard InChI is InChI=1S/C15H14BrClFN/c16-15-12(7-4-8-13(15)18)10-19-14(9-17)11-5-2-1-3-6-11/h1-8,14,19H,9-10H2. The third-order valence-corrected chi connectivity index (χ3v) is 4.12. The minimum atomic E-state index is -0.249. The summed E-state index contributed by atoms with van der Waals surface area (Å²) in [6.45, 7) is 0.560. The molecule has 2 aromatic carbocycles. The topological polar surface area (TPSA) is 12.0 Å². The molecule has 0 saturated heterocycles. The van der Waals surface area contributed by atoms with Crippen molar-refractivity contribution >= 4 is 27.5 Å². The molecular weight excluding hydrogens is 329 g/mol. The molecule has 0 aliphatic carbocycles. The molecular formula is C15H14BrClFN. The van der Waals surface area contributed by atoms with E-state index in [0.29, 0.717) is 16.9 Å². The third-order valence-electron chi connectivity index (χ3n) is 2.93. The van der Waals surface area contributed by atoms with Gasteiger partial charge in [-0.1, -0.05) is 42.5 Å². The number of nitrogens with one attached hydrogen (secondary N) is 1. The molecule has 2 rings (SSSR count). The van der Waals surface area contributed by atoms with Gasteiger partial charge in [0.2, 0.25) is 0 Å². The van der Waals surface area contributed by atoms with Crippen molar-refractivity contribution in [2.75, 3.05) is 5.88 Å². The molecule has 19 heavy (non-hydrogen) atoms. The Hall–Kier alpha value is -0.900. The van der Waals surface area contributed by atoms with Crippen molar-refractivity contribution in [3.8, 4) is 0 Å². The van der Waals surface area contributed by atoms with Crippen molar-refractivity contribution < 1.29 is 4.39 Å². The van der Waals surface area contributed by atoms with Crippen LogP contribution in [-0.4, -0.2) is 5.88 Å². The summed E-state index contributed by atoms with van der Waals surface area (Å²) in [6.07, 6.45) is 0. The zero-order chi connectivity index (χ0) is 13.7. The third kappa shape index (κ3) is 3.78. The highest BCUT2D eigenvalue weighted by molar-refractivity contribution is 9.10. The first kappa shape index (κ1) is 14.5. The van der Waals surface area contributed by atoms with Gasteiger partial charge in [0.05, 0.1) is 4.47 Å². The second-order valence-corrected chi connectivity index (χ2v) is 5.31. The fraction of sp³-hybridized carbons (Fsp3) is 0.200. The summed E-state index contributed by atoms with van der Waals surface area (Å²) in [5, 5.41) is 3.34. The Kier molecular flexibility index (Phi) is 5.37. The van der Waals surface area contributed by atoms with Crippen LogP contribution >= 0.6 is 27.5 Å². The average molecular weight is 343 g/mol. The van der Waals surface area contributed by atoms with Crippen LogP contribution < -0.4 is 5.32 Å². The van der Waals surface area contributed by atoms with Crippen LogP contribution in [0.2, 0.25) is 0 Å². The van der Waals surface area contributed by atoms with Crippen molar-refractivity contribution in [1.82, 2.24) is 5.32 Å². The van der Waals surface area contributed by atoms with Crippen LogP contribution in [-0.2, 0) is 6.54 Å². The lowest BCUT2D eigenvalue weighted by atomic mass is 10.1. The van der Waals surface area contributed by atoms with Crippen LogP contribution in [0.4, 0.5) is 4.39 Å². The van der Waals surface area contributed by atoms with E-state index in [9.17, 15) is 4.39 Å². The summed E-state index contributed by atoms with van der Waals surface area (Å²) in [5.41, 5.74) is 2.01. The van der Waals surface area contributed by atoms with Gasteiger partial charge in [0.1, 0.15) is 5.82 Å². The second kappa shape index (κ2) is 7.04. The molecule has 0 radical (unpaired) electrons. The van der Waals surface area contributed by atoms with Gasteiger partial charge in [0.25, 0.3) is 0 Å². The van der Waals surface area contributed by atoms with E-state index >= 15 is 0 Å². The number of halogens is 3. The lowest BCUT2D eigenvalue weighted by molar-refractivity contribution is 0.570. The Balaban J connectivity index is 2.06. The van der Waals surface area contributed by atoms with Crippen LogP contribution in [0.5, 0.6) is 0 Å². The fourth-order valence-corrected chi connectivity index (χ4v) is 2.56. The second-order valence-electron chi connectivity index (χ2n) is 4.21. The molecule has 100 valence electrons. The Morgan fingerprint density at radius 1 is 1.11 bits per heavy atom. The smallest absolute Gasteiger partial charge is 0.137 e. The Morgan fingerprint density at radius 2 is 1.84 bits per heavy atom. The normalized spacial score (nSPS) is 12.4. The van der Waals surface area contributed by atoms with Crippen LogP contribution in [0.15, 0.2) is 53.0 Å². The van der Waals surface area contributed by atoms with Gasteiger partial charge in [0.15, 0.2) is 0 Å². The zero-order valence-corrected chi connectivity index (χ0v) is 12.6. The highest BCUT2D eigenvalue weighted by Gasteiger charge is 2.11. The molecule has 1 unspecified atom stereocenters. The van der Waals surface area contributed by atoms with E-state index in [2.05, 4.69) is 21.2 Å². The summed E-state index contributed by atoms with van der Waals surface area (Å²) in [4.78, 5) is 0. The largest absolute Gasteiger partial charge is 0.305 e. The van der Waals surface area contributed by atoms with Crippen molar-refractivity contribution in [2.24, 2.45) is 0 Å². The molecule has 0 bridgehead atoms. The molecule has 0 aliphatic rings. The van der Waals surface area contributed by atoms with Gasteiger partial charge in [-0.3, -0.25) is 0 Å². The number of benzene rings is 2. The van der Waals surface area contributed by atoms with Crippen LogP contribution in [0.25, 0.3) is 0 Å². The minimum Gasteiger partial charge on any atom is -0.305 e. The molecule has 0 spiro atoms. The monoisotopic (exact) mass is 341 g/mol. The SMILES string of the molecule is Fc1cccc(CNC(CCl)c2ccccc2)c1Br. The summed E-state index contributed by atoms with van der Waals surface area (Å²) in [6, 6.07) is 15.1. The summed E-state index contributed by atoms with van der Waals surface area (Å²) in [5.74, 6) is 0.221. The first-order valence-corrected chi connectivity index (χ1v) is 7.32. The predicted molar refractivity (Wildman–Crippen MR) is 80.8 cm³/mol. The molecule has 0 fully saturated rings. The van der Waals surface area contributed by atoms with Gasteiger partial charge in [0, 0.05) is 18.5 Å². The van der Waals surface area contributed by atoms with E-state index in [1.54, 1.807) is 6.07 Å². The van der Waals surface area contributed by atoms with Crippen molar-refractivity contribution in [3.05, 3.63) is 69.9 Å². The van der Waals surface area contributed by atoms with Crippen molar-refractivity contribution in [3.63, 3.8) is 0 Å². The maximum Gasteiger partial charge on any atom is 0.137 e. The molecule has 2 aromatic rings. The zero-order valence-electron chi connectivity index (χ0n) is 10.2. The van der Waals surface area contributed by atoms with E-state index in [0.717, 1.165) is 11.1 Å². The molecule has 0 aliphatic heterocycles.